The Morgan fingerprint density at radius 1 is 1.00 bits per heavy atom. The normalized spacial score (nSPS) is 15.4. The zero-order valence-electron chi connectivity index (χ0n) is 18.0. The Kier molecular flexibility index (Phi) is 8.58. The third kappa shape index (κ3) is 6.91. The first kappa shape index (κ1) is 22.5. The van der Waals surface area contributed by atoms with Crippen molar-refractivity contribution in [3.63, 3.8) is 0 Å². The number of hydrogen-bond acceptors (Lipinski definition) is 4. The fourth-order valence-corrected chi connectivity index (χ4v) is 3.43. The van der Waals surface area contributed by atoms with Gasteiger partial charge in [-0.15, -0.1) is 0 Å². The number of benzene rings is 2. The van der Waals surface area contributed by atoms with Gasteiger partial charge >= 0.3 is 6.03 Å². The van der Waals surface area contributed by atoms with Crippen LogP contribution in [0.5, 0.6) is 11.5 Å². The highest BCUT2D eigenvalue weighted by molar-refractivity contribution is 5.94. The molecule has 0 bridgehead atoms. The largest absolute Gasteiger partial charge is 0.494 e. The quantitative estimate of drug-likeness (QED) is 0.563. The van der Waals surface area contributed by atoms with Crippen LogP contribution in [0.4, 0.5) is 10.5 Å². The van der Waals surface area contributed by atoms with Crippen molar-refractivity contribution in [2.75, 3.05) is 31.6 Å². The lowest BCUT2D eigenvalue weighted by molar-refractivity contribution is -0.124. The van der Waals surface area contributed by atoms with Gasteiger partial charge in [0.2, 0.25) is 5.91 Å². The maximum absolute atomic E-state index is 12.6. The number of urea groups is 1. The van der Waals surface area contributed by atoms with E-state index in [1.54, 1.807) is 4.90 Å². The van der Waals surface area contributed by atoms with Gasteiger partial charge in [-0.2, -0.15) is 0 Å². The van der Waals surface area contributed by atoms with Crippen LogP contribution in [-0.4, -0.2) is 49.2 Å². The van der Waals surface area contributed by atoms with Crippen LogP contribution in [0.25, 0.3) is 0 Å². The molecule has 0 spiro atoms. The lowest BCUT2D eigenvalue weighted by atomic mass is 10.2. The molecule has 1 heterocycles. The van der Waals surface area contributed by atoms with Crippen molar-refractivity contribution in [2.45, 2.75) is 38.6 Å². The van der Waals surface area contributed by atoms with Gasteiger partial charge in [-0.1, -0.05) is 31.5 Å². The number of hydrogen-bond donors (Lipinski definition) is 2. The molecule has 0 saturated carbocycles. The van der Waals surface area contributed by atoms with Crippen LogP contribution in [0.15, 0.2) is 54.6 Å². The van der Waals surface area contributed by atoms with Gasteiger partial charge in [-0.25, -0.2) is 4.79 Å². The number of nitrogens with one attached hydrogen (secondary N) is 2. The standard InChI is InChI=1S/C24H31N3O4/c1-2-3-17-30-20-11-13-21(14-12-20)31-18-15-25-23(28)22-10-7-16-27(22)24(29)26-19-8-5-4-6-9-19/h4-6,8-9,11-14,22H,2-3,7,10,15-18H2,1H3,(H,25,28)(H,26,29)/t22-/m0/s1. The van der Waals surface area contributed by atoms with Crippen LogP contribution in [0, 0.1) is 0 Å². The number of likely N-dealkylation sites (tertiary alicyclic amines) is 1. The molecule has 1 aliphatic rings. The summed E-state index contributed by atoms with van der Waals surface area (Å²) in [5, 5.41) is 5.73. The molecule has 7 nitrogen and oxygen atoms in total. The molecule has 1 aliphatic heterocycles. The molecule has 0 unspecified atom stereocenters. The fourth-order valence-electron chi connectivity index (χ4n) is 3.43. The van der Waals surface area contributed by atoms with E-state index in [1.807, 2.05) is 54.6 Å². The second-order valence-electron chi connectivity index (χ2n) is 7.46. The molecule has 1 fully saturated rings. The molecule has 2 aromatic rings. The lowest BCUT2D eigenvalue weighted by Gasteiger charge is -2.24. The van der Waals surface area contributed by atoms with Gasteiger partial charge in [-0.3, -0.25) is 4.79 Å². The van der Waals surface area contributed by atoms with E-state index in [4.69, 9.17) is 9.47 Å². The van der Waals surface area contributed by atoms with Crippen molar-refractivity contribution in [1.29, 1.82) is 0 Å². The molecule has 2 aromatic carbocycles. The number of nitrogens with zero attached hydrogens (tertiary/aromatic N) is 1. The van der Waals surface area contributed by atoms with Gasteiger partial charge in [0, 0.05) is 12.2 Å². The van der Waals surface area contributed by atoms with E-state index >= 15 is 0 Å². The summed E-state index contributed by atoms with van der Waals surface area (Å²) in [6.07, 6.45) is 3.60. The van der Waals surface area contributed by atoms with Gasteiger partial charge in [0.15, 0.2) is 0 Å². The molecule has 3 amide bonds. The summed E-state index contributed by atoms with van der Waals surface area (Å²) in [5.74, 6) is 1.40. The number of anilines is 1. The average Bonchev–Trinajstić information content (AvgIpc) is 3.29. The number of amides is 3. The minimum atomic E-state index is -0.455. The molecule has 0 aromatic heterocycles. The average molecular weight is 426 g/mol. The first-order chi connectivity index (χ1) is 15.2. The summed E-state index contributed by atoms with van der Waals surface area (Å²) in [7, 11) is 0. The Balaban J connectivity index is 1.39. The molecule has 1 saturated heterocycles. The maximum Gasteiger partial charge on any atom is 0.322 e. The van der Waals surface area contributed by atoms with E-state index in [1.165, 1.54) is 0 Å². The SMILES string of the molecule is CCCCOc1ccc(OCCNC(=O)[C@@H]2CCCN2C(=O)Nc2ccccc2)cc1. The Morgan fingerprint density at radius 3 is 2.35 bits per heavy atom. The Labute approximate surface area is 183 Å². The van der Waals surface area contributed by atoms with Gasteiger partial charge in [0.25, 0.3) is 0 Å². The van der Waals surface area contributed by atoms with Gasteiger partial charge < -0.3 is 25.0 Å². The van der Waals surface area contributed by atoms with E-state index in [0.717, 1.165) is 30.8 Å². The number of carbonyl (C=O) groups is 2. The second kappa shape index (κ2) is 11.8. The van der Waals surface area contributed by atoms with Crippen molar-refractivity contribution in [2.24, 2.45) is 0 Å². The minimum absolute atomic E-state index is 0.149. The molecule has 0 aliphatic carbocycles. The van der Waals surface area contributed by atoms with Gasteiger partial charge in [-0.05, 0) is 55.7 Å². The minimum Gasteiger partial charge on any atom is -0.494 e. The molecule has 2 N–H and O–H groups in total. The monoisotopic (exact) mass is 425 g/mol. The predicted octanol–water partition coefficient (Wildman–Crippen LogP) is 4.06. The fraction of sp³-hybridized carbons (Fsp3) is 0.417. The molecule has 1 atom stereocenters. The summed E-state index contributed by atoms with van der Waals surface area (Å²) < 4.78 is 11.3. The first-order valence-electron chi connectivity index (χ1n) is 10.9. The Hall–Kier alpha value is -3.22. The molecule has 166 valence electrons. The van der Waals surface area contributed by atoms with E-state index < -0.39 is 6.04 Å². The molecular formula is C24H31N3O4. The Bertz CT molecular complexity index is 826. The number of carbonyl (C=O) groups excluding carboxylic acids is 2. The van der Waals surface area contributed by atoms with Crippen molar-refractivity contribution >= 4 is 17.6 Å². The van der Waals surface area contributed by atoms with Crippen LogP contribution in [-0.2, 0) is 4.79 Å². The zero-order valence-corrected chi connectivity index (χ0v) is 18.0. The highest BCUT2D eigenvalue weighted by Crippen LogP contribution is 2.20. The number of unbranched alkanes of at least 4 members (excludes halogenated alkanes) is 1. The number of ether oxygens (including phenoxy) is 2. The van der Waals surface area contributed by atoms with Crippen LogP contribution in [0.1, 0.15) is 32.6 Å². The second-order valence-corrected chi connectivity index (χ2v) is 7.46. The summed E-state index contributed by atoms with van der Waals surface area (Å²) in [5.41, 5.74) is 0.716. The maximum atomic E-state index is 12.6. The Morgan fingerprint density at radius 2 is 1.68 bits per heavy atom. The van der Waals surface area contributed by atoms with E-state index in [0.29, 0.717) is 38.4 Å². The van der Waals surface area contributed by atoms with Crippen LogP contribution in [0.3, 0.4) is 0 Å². The molecule has 3 rings (SSSR count). The van der Waals surface area contributed by atoms with Crippen LogP contribution >= 0.6 is 0 Å². The van der Waals surface area contributed by atoms with Gasteiger partial charge in [0.05, 0.1) is 13.2 Å². The van der Waals surface area contributed by atoms with Crippen molar-refractivity contribution in [3.8, 4) is 11.5 Å². The topological polar surface area (TPSA) is 79.9 Å². The highest BCUT2D eigenvalue weighted by Gasteiger charge is 2.33. The summed E-state index contributed by atoms with van der Waals surface area (Å²) in [6.45, 7) is 4.13. The predicted molar refractivity (Wildman–Crippen MR) is 121 cm³/mol. The summed E-state index contributed by atoms with van der Waals surface area (Å²) in [6, 6.07) is 16.0. The summed E-state index contributed by atoms with van der Waals surface area (Å²) in [4.78, 5) is 26.7. The molecule has 7 heteroatoms. The molecule has 31 heavy (non-hydrogen) atoms. The lowest BCUT2D eigenvalue weighted by Crippen LogP contribution is -2.48. The number of rotatable bonds is 10. The first-order valence-corrected chi connectivity index (χ1v) is 10.9. The van der Waals surface area contributed by atoms with E-state index in [9.17, 15) is 9.59 Å². The van der Waals surface area contributed by atoms with Crippen molar-refractivity contribution in [3.05, 3.63) is 54.6 Å². The van der Waals surface area contributed by atoms with E-state index in [-0.39, 0.29) is 11.9 Å². The van der Waals surface area contributed by atoms with Crippen molar-refractivity contribution < 1.29 is 19.1 Å². The highest BCUT2D eigenvalue weighted by atomic mass is 16.5. The van der Waals surface area contributed by atoms with Crippen LogP contribution < -0.4 is 20.1 Å². The van der Waals surface area contributed by atoms with Crippen molar-refractivity contribution in [1.82, 2.24) is 10.2 Å². The van der Waals surface area contributed by atoms with Gasteiger partial charge in [0.1, 0.15) is 24.1 Å². The molecular weight excluding hydrogens is 394 g/mol. The smallest absolute Gasteiger partial charge is 0.322 e. The summed E-state index contributed by atoms with van der Waals surface area (Å²) >= 11 is 0. The zero-order chi connectivity index (χ0) is 21.9. The third-order valence-corrected chi connectivity index (χ3v) is 5.10. The third-order valence-electron chi connectivity index (χ3n) is 5.10. The number of para-hydroxylation sites is 1. The van der Waals surface area contributed by atoms with E-state index in [2.05, 4.69) is 17.6 Å². The molecule has 0 radical (unpaired) electrons. The van der Waals surface area contributed by atoms with Crippen LogP contribution in [0.2, 0.25) is 0 Å².